The molecule has 0 aliphatic rings. The van der Waals surface area contributed by atoms with Gasteiger partial charge < -0.3 is 10.1 Å². The van der Waals surface area contributed by atoms with Gasteiger partial charge in [-0.05, 0) is 74.0 Å². The number of halogens is 1. The second-order valence-corrected chi connectivity index (χ2v) is 6.19. The van der Waals surface area contributed by atoms with Crippen LogP contribution in [0.4, 0.5) is 10.1 Å². The van der Waals surface area contributed by atoms with Crippen molar-refractivity contribution in [3.05, 3.63) is 66.1 Å². The molecule has 1 heterocycles. The Hall–Kier alpha value is -3.15. The Labute approximate surface area is 151 Å². The van der Waals surface area contributed by atoms with E-state index in [1.165, 1.54) is 12.1 Å². The van der Waals surface area contributed by atoms with E-state index in [-0.39, 0.29) is 23.5 Å². The predicted octanol–water partition coefficient (Wildman–Crippen LogP) is 4.27. The summed E-state index contributed by atoms with van der Waals surface area (Å²) in [5.74, 6) is 0.125. The van der Waals surface area contributed by atoms with E-state index >= 15 is 0 Å². The van der Waals surface area contributed by atoms with Crippen LogP contribution in [0.5, 0.6) is 5.75 Å². The minimum Gasteiger partial charge on any atom is -0.491 e. The highest BCUT2D eigenvalue weighted by molar-refractivity contribution is 6.03. The van der Waals surface area contributed by atoms with Gasteiger partial charge in [0.15, 0.2) is 5.69 Å². The molecular weight excluding hydrogens is 333 g/mol. The second kappa shape index (κ2) is 7.39. The average Bonchev–Trinajstić information content (AvgIpc) is 2.99. The molecule has 0 aliphatic carbocycles. The van der Waals surface area contributed by atoms with Gasteiger partial charge in [0.25, 0.3) is 5.91 Å². The normalized spacial score (nSPS) is 10.8. The van der Waals surface area contributed by atoms with Gasteiger partial charge in [0.2, 0.25) is 0 Å². The van der Waals surface area contributed by atoms with Crippen LogP contribution in [0.15, 0.2) is 54.6 Å². The first kappa shape index (κ1) is 17.7. The fraction of sp³-hybridized carbons (Fsp3) is 0.200. The van der Waals surface area contributed by atoms with Crippen molar-refractivity contribution in [1.82, 2.24) is 9.78 Å². The van der Waals surface area contributed by atoms with Gasteiger partial charge in [-0.3, -0.25) is 9.48 Å². The fourth-order valence-corrected chi connectivity index (χ4v) is 2.55. The summed E-state index contributed by atoms with van der Waals surface area (Å²) in [5, 5.41) is 7.06. The molecule has 0 aliphatic heterocycles. The van der Waals surface area contributed by atoms with Gasteiger partial charge in [-0.15, -0.1) is 0 Å². The average molecular weight is 353 g/mol. The van der Waals surface area contributed by atoms with E-state index < -0.39 is 0 Å². The van der Waals surface area contributed by atoms with Gasteiger partial charge in [0, 0.05) is 12.7 Å². The zero-order valence-electron chi connectivity index (χ0n) is 14.9. The summed E-state index contributed by atoms with van der Waals surface area (Å²) in [6.07, 6.45) is 0.0915. The van der Waals surface area contributed by atoms with E-state index in [0.717, 1.165) is 17.0 Å². The van der Waals surface area contributed by atoms with Crippen molar-refractivity contribution < 1.29 is 13.9 Å². The van der Waals surface area contributed by atoms with Crippen molar-refractivity contribution in [1.29, 1.82) is 0 Å². The number of benzene rings is 2. The third-order valence-electron chi connectivity index (χ3n) is 3.74. The van der Waals surface area contributed by atoms with Crippen molar-refractivity contribution in [2.45, 2.75) is 20.0 Å². The molecule has 1 aromatic heterocycles. The smallest absolute Gasteiger partial charge is 0.276 e. The highest BCUT2D eigenvalue weighted by Crippen LogP contribution is 2.21. The first-order valence-electron chi connectivity index (χ1n) is 8.30. The van der Waals surface area contributed by atoms with E-state index in [1.54, 1.807) is 54.2 Å². The van der Waals surface area contributed by atoms with Crippen LogP contribution in [0.25, 0.3) is 11.3 Å². The van der Waals surface area contributed by atoms with E-state index in [2.05, 4.69) is 10.4 Å². The highest BCUT2D eigenvalue weighted by atomic mass is 19.1. The molecule has 26 heavy (non-hydrogen) atoms. The topological polar surface area (TPSA) is 56.1 Å². The van der Waals surface area contributed by atoms with E-state index in [9.17, 15) is 9.18 Å². The van der Waals surface area contributed by atoms with Gasteiger partial charge in [0.1, 0.15) is 11.6 Å². The SMILES string of the molecule is CC(C)Oc1ccc(NC(=O)c2cc(-c3ccc(F)cc3)n(C)n2)cc1. The first-order valence-corrected chi connectivity index (χ1v) is 8.30. The third kappa shape index (κ3) is 4.08. The van der Waals surface area contributed by atoms with Crippen molar-refractivity contribution in [2.75, 3.05) is 5.32 Å². The lowest BCUT2D eigenvalue weighted by molar-refractivity contribution is 0.102. The molecule has 134 valence electrons. The van der Waals surface area contributed by atoms with E-state index in [1.807, 2.05) is 13.8 Å². The summed E-state index contributed by atoms with van der Waals surface area (Å²) >= 11 is 0. The van der Waals surface area contributed by atoms with Crippen molar-refractivity contribution in [2.24, 2.45) is 7.05 Å². The Bertz CT molecular complexity index is 900. The van der Waals surface area contributed by atoms with E-state index in [0.29, 0.717) is 5.69 Å². The molecular formula is C20H20FN3O2. The van der Waals surface area contributed by atoms with Crippen LogP contribution in [0.1, 0.15) is 24.3 Å². The number of hydrogen-bond acceptors (Lipinski definition) is 3. The molecule has 1 amide bonds. The molecule has 3 rings (SSSR count). The van der Waals surface area contributed by atoms with Gasteiger partial charge >= 0.3 is 0 Å². The molecule has 5 nitrogen and oxygen atoms in total. The number of hydrogen-bond donors (Lipinski definition) is 1. The summed E-state index contributed by atoms with van der Waals surface area (Å²) < 4.78 is 20.3. The number of nitrogens with zero attached hydrogens (tertiary/aromatic N) is 2. The number of amides is 1. The molecule has 0 fully saturated rings. The Kier molecular flexibility index (Phi) is 5.02. The van der Waals surface area contributed by atoms with Crippen LogP contribution in [-0.4, -0.2) is 21.8 Å². The summed E-state index contributed by atoms with van der Waals surface area (Å²) in [6, 6.07) is 14.9. The number of ether oxygens (including phenoxy) is 1. The van der Waals surface area contributed by atoms with Gasteiger partial charge in [0.05, 0.1) is 11.8 Å². The molecule has 3 aromatic rings. The van der Waals surface area contributed by atoms with Crippen molar-refractivity contribution in [3.63, 3.8) is 0 Å². The summed E-state index contributed by atoms with van der Waals surface area (Å²) in [5.41, 5.74) is 2.46. The quantitative estimate of drug-likeness (QED) is 0.745. The monoisotopic (exact) mass is 353 g/mol. The van der Waals surface area contributed by atoms with E-state index in [4.69, 9.17) is 4.74 Å². The van der Waals surface area contributed by atoms with Crippen LogP contribution in [0.3, 0.4) is 0 Å². The molecule has 0 atom stereocenters. The molecule has 1 N–H and O–H groups in total. The van der Waals surface area contributed by atoms with Gasteiger partial charge in [-0.2, -0.15) is 5.10 Å². The molecule has 0 saturated heterocycles. The minimum absolute atomic E-state index is 0.0915. The van der Waals surface area contributed by atoms with Crippen LogP contribution in [0, 0.1) is 5.82 Å². The van der Waals surface area contributed by atoms with Crippen LogP contribution in [0.2, 0.25) is 0 Å². The Morgan fingerprint density at radius 1 is 1.12 bits per heavy atom. The lowest BCUT2D eigenvalue weighted by Crippen LogP contribution is -2.13. The second-order valence-electron chi connectivity index (χ2n) is 6.19. The molecule has 0 radical (unpaired) electrons. The largest absolute Gasteiger partial charge is 0.491 e. The number of carbonyl (C=O) groups excluding carboxylic acids is 1. The van der Waals surface area contributed by atoms with Crippen LogP contribution < -0.4 is 10.1 Å². The standard InChI is InChI=1S/C20H20FN3O2/c1-13(2)26-17-10-8-16(9-11-17)22-20(25)18-12-19(24(3)23-18)14-4-6-15(21)7-5-14/h4-13H,1-3H3,(H,22,25). The zero-order valence-corrected chi connectivity index (χ0v) is 14.9. The van der Waals surface area contributed by atoms with Crippen molar-refractivity contribution in [3.8, 4) is 17.0 Å². The summed E-state index contributed by atoms with van der Waals surface area (Å²) in [6.45, 7) is 3.91. The zero-order chi connectivity index (χ0) is 18.7. The molecule has 0 bridgehead atoms. The van der Waals surface area contributed by atoms with Crippen molar-refractivity contribution >= 4 is 11.6 Å². The number of rotatable bonds is 5. The number of nitrogens with one attached hydrogen (secondary N) is 1. The Morgan fingerprint density at radius 2 is 1.77 bits per heavy atom. The third-order valence-corrected chi connectivity index (χ3v) is 3.74. The number of aryl methyl sites for hydroxylation is 1. The minimum atomic E-state index is -0.313. The lowest BCUT2D eigenvalue weighted by atomic mass is 10.1. The summed E-state index contributed by atoms with van der Waals surface area (Å²) in [4.78, 5) is 12.4. The van der Waals surface area contributed by atoms with Gasteiger partial charge in [-0.1, -0.05) is 0 Å². The predicted molar refractivity (Wildman–Crippen MR) is 98.8 cm³/mol. The van der Waals surface area contributed by atoms with Crippen LogP contribution in [-0.2, 0) is 7.05 Å². The number of carbonyl (C=O) groups is 1. The number of anilines is 1. The Balaban J connectivity index is 1.74. The first-order chi connectivity index (χ1) is 12.4. The fourth-order valence-electron chi connectivity index (χ4n) is 2.55. The summed E-state index contributed by atoms with van der Waals surface area (Å²) in [7, 11) is 1.74. The van der Waals surface area contributed by atoms with Gasteiger partial charge in [-0.25, -0.2) is 4.39 Å². The lowest BCUT2D eigenvalue weighted by Gasteiger charge is -2.10. The van der Waals surface area contributed by atoms with Crippen LogP contribution >= 0.6 is 0 Å². The molecule has 2 aromatic carbocycles. The molecule has 0 spiro atoms. The molecule has 0 saturated carbocycles. The maximum absolute atomic E-state index is 13.1. The Morgan fingerprint density at radius 3 is 2.38 bits per heavy atom. The highest BCUT2D eigenvalue weighted by Gasteiger charge is 2.14. The maximum atomic E-state index is 13.1. The molecule has 0 unspecified atom stereocenters. The maximum Gasteiger partial charge on any atom is 0.276 e. The molecule has 6 heteroatoms. The number of aromatic nitrogens is 2.